The number of nitrogens with zero attached hydrogens (tertiary/aromatic N) is 1. The van der Waals surface area contributed by atoms with Crippen LogP contribution in [0.2, 0.25) is 0 Å². The molecule has 1 N–H and O–H groups in total. The molecule has 1 atom stereocenters. The van der Waals surface area contributed by atoms with Gasteiger partial charge in [-0.15, -0.1) is 0 Å². The molecule has 0 spiro atoms. The second-order valence-corrected chi connectivity index (χ2v) is 6.96. The Labute approximate surface area is 163 Å². The van der Waals surface area contributed by atoms with E-state index in [9.17, 15) is 4.79 Å². The van der Waals surface area contributed by atoms with Gasteiger partial charge in [0, 0.05) is 37.6 Å². The Morgan fingerprint density at radius 1 is 1.11 bits per heavy atom. The maximum absolute atomic E-state index is 12.0. The van der Waals surface area contributed by atoms with Crippen LogP contribution >= 0.6 is 0 Å². The topological polar surface area (TPSA) is 63.8 Å². The zero-order chi connectivity index (χ0) is 19.5. The predicted octanol–water partition coefficient (Wildman–Crippen LogP) is 3.12. The van der Waals surface area contributed by atoms with Crippen LogP contribution < -0.4 is 14.9 Å². The normalized spacial score (nSPS) is 17.6. The van der Waals surface area contributed by atoms with Crippen molar-refractivity contribution in [3.63, 3.8) is 0 Å². The number of ether oxygens (including phenoxy) is 3. The molecular weight excluding hydrogens is 356 g/mol. The zero-order valence-electron chi connectivity index (χ0n) is 16.1. The van der Waals surface area contributed by atoms with Crippen LogP contribution in [0.5, 0.6) is 11.5 Å². The number of morpholine rings is 1. The Kier molecular flexibility index (Phi) is 5.32. The number of hydrogen-bond acceptors (Lipinski definition) is 5. The molecule has 28 heavy (non-hydrogen) atoms. The zero-order valence-corrected chi connectivity index (χ0v) is 16.1. The Morgan fingerprint density at radius 3 is 2.71 bits per heavy atom. The van der Waals surface area contributed by atoms with E-state index in [-0.39, 0.29) is 11.5 Å². The molecule has 0 amide bonds. The molecule has 6 nitrogen and oxygen atoms in total. The third-order valence-electron chi connectivity index (χ3n) is 5.14. The SMILES string of the molecule is COc1ccc2cc([C@@H]3CN(Cc4cc(=O)c(OC)c[nH]4)CCO3)ccc2c1. The number of fused-ring (bicyclic) bond motifs is 1. The fraction of sp³-hybridized carbons (Fsp3) is 0.318. The summed E-state index contributed by atoms with van der Waals surface area (Å²) in [4.78, 5) is 17.4. The molecule has 1 fully saturated rings. The highest BCUT2D eigenvalue weighted by molar-refractivity contribution is 5.84. The number of hydrogen-bond donors (Lipinski definition) is 1. The van der Waals surface area contributed by atoms with E-state index in [0.717, 1.165) is 35.5 Å². The van der Waals surface area contributed by atoms with Crippen molar-refractivity contribution in [3.8, 4) is 11.5 Å². The number of rotatable bonds is 5. The van der Waals surface area contributed by atoms with Gasteiger partial charge in [-0.3, -0.25) is 9.69 Å². The quantitative estimate of drug-likeness (QED) is 0.737. The van der Waals surface area contributed by atoms with E-state index in [1.807, 2.05) is 12.1 Å². The first kappa shape index (κ1) is 18.5. The molecule has 6 heteroatoms. The van der Waals surface area contributed by atoms with Gasteiger partial charge in [-0.25, -0.2) is 0 Å². The summed E-state index contributed by atoms with van der Waals surface area (Å²) in [6, 6.07) is 14.1. The number of pyridine rings is 1. The van der Waals surface area contributed by atoms with E-state index in [2.05, 4.69) is 34.1 Å². The average molecular weight is 380 g/mol. The standard InChI is InChI=1S/C22H24N2O4/c1-26-19-6-5-15-9-17(4-3-16(15)10-19)22-14-24(7-8-28-22)13-18-11-20(25)21(27-2)12-23-18/h3-6,9-12,22H,7-8,13-14H2,1-2H3,(H,23,25)/t22-/m0/s1. The Bertz CT molecular complexity index is 1030. The van der Waals surface area contributed by atoms with Crippen LogP contribution in [0.4, 0.5) is 0 Å². The summed E-state index contributed by atoms with van der Waals surface area (Å²) in [6.45, 7) is 2.93. The molecule has 1 saturated heterocycles. The van der Waals surface area contributed by atoms with Crippen LogP contribution in [0.3, 0.4) is 0 Å². The molecular formula is C22H24N2O4. The lowest BCUT2D eigenvalue weighted by Gasteiger charge is -2.33. The van der Waals surface area contributed by atoms with Crippen LogP contribution in [0.25, 0.3) is 10.8 Å². The van der Waals surface area contributed by atoms with Gasteiger partial charge in [0.05, 0.1) is 26.9 Å². The maximum atomic E-state index is 12.0. The first-order chi connectivity index (χ1) is 13.7. The summed E-state index contributed by atoms with van der Waals surface area (Å²) < 4.78 is 16.4. The highest BCUT2D eigenvalue weighted by Gasteiger charge is 2.22. The summed E-state index contributed by atoms with van der Waals surface area (Å²) in [6.07, 6.45) is 1.62. The number of aromatic nitrogens is 1. The van der Waals surface area contributed by atoms with E-state index < -0.39 is 0 Å². The van der Waals surface area contributed by atoms with E-state index >= 15 is 0 Å². The summed E-state index contributed by atoms with van der Waals surface area (Å²) >= 11 is 0. The number of methoxy groups -OCH3 is 2. The lowest BCUT2D eigenvalue weighted by molar-refractivity contribution is -0.0332. The van der Waals surface area contributed by atoms with Crippen molar-refractivity contribution in [3.05, 3.63) is 70.1 Å². The maximum Gasteiger partial charge on any atom is 0.223 e. The molecule has 0 bridgehead atoms. The minimum atomic E-state index is -0.106. The van der Waals surface area contributed by atoms with Crippen molar-refractivity contribution in [2.24, 2.45) is 0 Å². The first-order valence-electron chi connectivity index (χ1n) is 9.33. The van der Waals surface area contributed by atoms with Crippen LogP contribution in [0.1, 0.15) is 17.4 Å². The minimum Gasteiger partial charge on any atom is -0.497 e. The van der Waals surface area contributed by atoms with Gasteiger partial charge in [-0.05, 0) is 34.5 Å². The Hall–Kier alpha value is -2.83. The Balaban J connectivity index is 1.49. The van der Waals surface area contributed by atoms with Crippen LogP contribution in [0, 0.1) is 0 Å². The van der Waals surface area contributed by atoms with Crippen molar-refractivity contribution in [2.75, 3.05) is 33.9 Å². The third kappa shape index (κ3) is 3.88. The Morgan fingerprint density at radius 2 is 1.93 bits per heavy atom. The number of benzene rings is 2. The van der Waals surface area contributed by atoms with Gasteiger partial charge in [-0.1, -0.05) is 18.2 Å². The fourth-order valence-corrected chi connectivity index (χ4v) is 3.61. The molecule has 3 aromatic rings. The van der Waals surface area contributed by atoms with E-state index in [4.69, 9.17) is 14.2 Å². The van der Waals surface area contributed by atoms with Gasteiger partial charge >= 0.3 is 0 Å². The van der Waals surface area contributed by atoms with Gasteiger partial charge in [0.15, 0.2) is 5.75 Å². The van der Waals surface area contributed by atoms with Crippen molar-refractivity contribution in [1.29, 1.82) is 0 Å². The first-order valence-corrected chi connectivity index (χ1v) is 9.33. The predicted molar refractivity (Wildman–Crippen MR) is 108 cm³/mol. The summed E-state index contributed by atoms with van der Waals surface area (Å²) in [7, 11) is 3.17. The van der Waals surface area contributed by atoms with E-state index in [0.29, 0.717) is 18.9 Å². The second-order valence-electron chi connectivity index (χ2n) is 6.96. The largest absolute Gasteiger partial charge is 0.497 e. The van der Waals surface area contributed by atoms with E-state index in [1.165, 1.54) is 12.5 Å². The molecule has 146 valence electrons. The summed E-state index contributed by atoms with van der Waals surface area (Å²) in [5.74, 6) is 1.19. The highest BCUT2D eigenvalue weighted by Crippen LogP contribution is 2.28. The number of nitrogens with one attached hydrogen (secondary N) is 1. The highest BCUT2D eigenvalue weighted by atomic mass is 16.5. The van der Waals surface area contributed by atoms with Gasteiger partial charge < -0.3 is 19.2 Å². The number of H-pyrrole nitrogens is 1. The molecule has 2 heterocycles. The summed E-state index contributed by atoms with van der Waals surface area (Å²) in [5.41, 5.74) is 1.92. The molecule has 0 saturated carbocycles. The van der Waals surface area contributed by atoms with Crippen molar-refractivity contribution in [1.82, 2.24) is 9.88 Å². The minimum absolute atomic E-state index is 0.00484. The van der Waals surface area contributed by atoms with Crippen molar-refractivity contribution < 1.29 is 14.2 Å². The van der Waals surface area contributed by atoms with Crippen LogP contribution in [-0.4, -0.2) is 43.8 Å². The monoisotopic (exact) mass is 380 g/mol. The summed E-state index contributed by atoms with van der Waals surface area (Å²) in [5, 5.41) is 2.31. The van der Waals surface area contributed by atoms with Crippen LogP contribution in [0.15, 0.2) is 53.5 Å². The van der Waals surface area contributed by atoms with Gasteiger partial charge in [0.25, 0.3) is 0 Å². The molecule has 4 rings (SSSR count). The molecule has 0 unspecified atom stereocenters. The molecule has 1 aliphatic rings. The van der Waals surface area contributed by atoms with E-state index in [1.54, 1.807) is 19.4 Å². The lowest BCUT2D eigenvalue weighted by atomic mass is 10.0. The third-order valence-corrected chi connectivity index (χ3v) is 5.14. The molecule has 2 aromatic carbocycles. The number of aromatic amines is 1. The lowest BCUT2D eigenvalue weighted by Crippen LogP contribution is -2.38. The van der Waals surface area contributed by atoms with Crippen molar-refractivity contribution in [2.45, 2.75) is 12.6 Å². The smallest absolute Gasteiger partial charge is 0.223 e. The second kappa shape index (κ2) is 8.04. The van der Waals surface area contributed by atoms with Crippen LogP contribution in [-0.2, 0) is 11.3 Å². The van der Waals surface area contributed by atoms with Gasteiger partial charge in [0.2, 0.25) is 5.43 Å². The van der Waals surface area contributed by atoms with Crippen molar-refractivity contribution >= 4 is 10.8 Å². The molecule has 1 aromatic heterocycles. The van der Waals surface area contributed by atoms with Gasteiger partial charge in [0.1, 0.15) is 5.75 Å². The average Bonchev–Trinajstić information content (AvgIpc) is 2.73. The molecule has 1 aliphatic heterocycles. The molecule has 0 aliphatic carbocycles. The fourth-order valence-electron chi connectivity index (χ4n) is 3.61. The van der Waals surface area contributed by atoms with Gasteiger partial charge in [-0.2, -0.15) is 0 Å². The molecule has 0 radical (unpaired) electrons.